The molecule has 0 bridgehead atoms. The quantitative estimate of drug-likeness (QED) is 0.763. The number of aliphatic hydroxyl groups excluding tert-OH is 1. The van der Waals surface area contributed by atoms with Gasteiger partial charge in [0.1, 0.15) is 0 Å². The zero-order valence-electron chi connectivity index (χ0n) is 8.53. The van der Waals surface area contributed by atoms with Crippen molar-refractivity contribution in [2.24, 2.45) is 5.73 Å². The molecule has 0 radical (unpaired) electrons. The van der Waals surface area contributed by atoms with Crippen LogP contribution in [0.4, 0.5) is 0 Å². The molecule has 0 aliphatic heterocycles. The summed E-state index contributed by atoms with van der Waals surface area (Å²) in [4.78, 5) is 0. The van der Waals surface area contributed by atoms with Crippen LogP contribution in [0.2, 0.25) is 0 Å². The summed E-state index contributed by atoms with van der Waals surface area (Å²) < 4.78 is 0. The minimum absolute atomic E-state index is 0.110. The predicted molar refractivity (Wildman–Crippen MR) is 59.8 cm³/mol. The molecule has 2 heteroatoms. The Morgan fingerprint density at radius 2 is 2.21 bits per heavy atom. The summed E-state index contributed by atoms with van der Waals surface area (Å²) in [6.07, 6.45) is 5.02. The third-order valence-electron chi connectivity index (χ3n) is 2.18. The topological polar surface area (TPSA) is 46.2 Å². The molecule has 14 heavy (non-hydrogen) atoms. The highest BCUT2D eigenvalue weighted by Gasteiger charge is 1.96. The summed E-state index contributed by atoms with van der Waals surface area (Å²) in [6.45, 7) is 2.80. The lowest BCUT2D eigenvalue weighted by atomic mass is 10.1. The van der Waals surface area contributed by atoms with Crippen LogP contribution in [0.1, 0.15) is 23.1 Å². The third kappa shape index (κ3) is 2.98. The van der Waals surface area contributed by atoms with E-state index >= 15 is 0 Å². The average Bonchev–Trinajstić information content (AvgIpc) is 2.18. The Kier molecular flexibility index (Phi) is 4.36. The molecule has 0 heterocycles. The molecule has 2 nitrogen and oxygen atoms in total. The molecule has 0 unspecified atom stereocenters. The highest BCUT2D eigenvalue weighted by molar-refractivity contribution is 5.51. The van der Waals surface area contributed by atoms with Crippen LogP contribution in [0.5, 0.6) is 0 Å². The van der Waals surface area contributed by atoms with Crippen LogP contribution in [-0.2, 0) is 6.61 Å². The van der Waals surface area contributed by atoms with E-state index < -0.39 is 0 Å². The molecule has 0 atom stereocenters. The first-order valence-electron chi connectivity index (χ1n) is 4.85. The first-order valence-corrected chi connectivity index (χ1v) is 4.85. The van der Waals surface area contributed by atoms with Gasteiger partial charge in [-0.15, -0.1) is 0 Å². The van der Waals surface area contributed by atoms with E-state index in [0.717, 1.165) is 23.1 Å². The number of rotatable bonds is 4. The summed E-state index contributed by atoms with van der Waals surface area (Å²) in [6, 6.07) is 6.03. The lowest BCUT2D eigenvalue weighted by molar-refractivity contribution is 0.281. The summed E-state index contributed by atoms with van der Waals surface area (Å²) in [5.41, 5.74) is 8.66. The first kappa shape index (κ1) is 11.0. The van der Waals surface area contributed by atoms with Crippen molar-refractivity contribution in [3.63, 3.8) is 0 Å². The predicted octanol–water partition coefficient (Wildman–Crippen LogP) is 1.85. The van der Waals surface area contributed by atoms with E-state index in [1.807, 2.05) is 19.1 Å². The van der Waals surface area contributed by atoms with Crippen LogP contribution >= 0.6 is 0 Å². The molecule has 0 spiro atoms. The van der Waals surface area contributed by atoms with Crippen molar-refractivity contribution >= 4 is 6.08 Å². The smallest absolute Gasteiger partial charge is 0.0684 e. The van der Waals surface area contributed by atoms with Crippen molar-refractivity contribution < 1.29 is 5.11 Å². The van der Waals surface area contributed by atoms with Gasteiger partial charge in [0.15, 0.2) is 0 Å². The Morgan fingerprint density at radius 3 is 2.79 bits per heavy atom. The zero-order chi connectivity index (χ0) is 10.4. The molecule has 1 aromatic carbocycles. The lowest BCUT2D eigenvalue weighted by Crippen LogP contribution is -1.95. The van der Waals surface area contributed by atoms with Crippen LogP contribution in [0.3, 0.4) is 0 Å². The van der Waals surface area contributed by atoms with Crippen molar-refractivity contribution in [3.05, 3.63) is 41.0 Å². The van der Waals surface area contributed by atoms with E-state index in [9.17, 15) is 0 Å². The van der Waals surface area contributed by atoms with Gasteiger partial charge in [0.05, 0.1) is 6.61 Å². The van der Waals surface area contributed by atoms with Gasteiger partial charge in [-0.2, -0.15) is 0 Å². The minimum Gasteiger partial charge on any atom is -0.392 e. The molecular weight excluding hydrogens is 174 g/mol. The number of hydrogen-bond donors (Lipinski definition) is 2. The van der Waals surface area contributed by atoms with Crippen molar-refractivity contribution in [1.82, 2.24) is 0 Å². The fourth-order valence-corrected chi connectivity index (χ4v) is 1.32. The molecule has 0 aromatic heterocycles. The van der Waals surface area contributed by atoms with Gasteiger partial charge >= 0.3 is 0 Å². The van der Waals surface area contributed by atoms with E-state index in [2.05, 4.69) is 18.2 Å². The van der Waals surface area contributed by atoms with Gasteiger partial charge < -0.3 is 10.8 Å². The molecule has 1 aromatic rings. The summed E-state index contributed by atoms with van der Waals surface area (Å²) in [7, 11) is 0. The Hall–Kier alpha value is -1.12. The van der Waals surface area contributed by atoms with Crippen LogP contribution in [0, 0.1) is 6.92 Å². The van der Waals surface area contributed by atoms with Gasteiger partial charge in [0, 0.05) is 0 Å². The minimum atomic E-state index is 0.110. The standard InChI is InChI=1S/C12H17NO/c1-10-8-11(4-2-3-7-13)5-6-12(10)9-14/h2,4-6,8,14H,3,7,9,13H2,1H3. The number of aliphatic hydroxyl groups is 1. The van der Waals surface area contributed by atoms with Crippen LogP contribution < -0.4 is 5.73 Å². The van der Waals surface area contributed by atoms with E-state index in [4.69, 9.17) is 10.8 Å². The molecule has 3 N–H and O–H groups in total. The van der Waals surface area contributed by atoms with Crippen molar-refractivity contribution in [2.45, 2.75) is 20.0 Å². The van der Waals surface area contributed by atoms with Gasteiger partial charge in [-0.05, 0) is 36.6 Å². The molecule has 0 fully saturated rings. The number of nitrogens with two attached hydrogens (primary N) is 1. The molecular formula is C12H17NO. The van der Waals surface area contributed by atoms with Crippen molar-refractivity contribution in [1.29, 1.82) is 0 Å². The number of aryl methyl sites for hydroxylation is 1. The van der Waals surface area contributed by atoms with E-state index in [-0.39, 0.29) is 6.61 Å². The molecule has 0 saturated heterocycles. The molecule has 0 aliphatic rings. The second-order valence-electron chi connectivity index (χ2n) is 3.32. The fourth-order valence-electron chi connectivity index (χ4n) is 1.32. The second-order valence-corrected chi connectivity index (χ2v) is 3.32. The van der Waals surface area contributed by atoms with Crippen molar-refractivity contribution in [3.8, 4) is 0 Å². The lowest BCUT2D eigenvalue weighted by Gasteiger charge is -2.02. The summed E-state index contributed by atoms with van der Waals surface area (Å²) in [5.74, 6) is 0. The number of benzene rings is 1. The monoisotopic (exact) mass is 191 g/mol. The Balaban J connectivity index is 2.76. The Morgan fingerprint density at radius 1 is 1.43 bits per heavy atom. The molecule has 1 rings (SSSR count). The van der Waals surface area contributed by atoms with Gasteiger partial charge in [-0.1, -0.05) is 30.4 Å². The molecule has 0 amide bonds. The maximum absolute atomic E-state index is 8.99. The van der Waals surface area contributed by atoms with Crippen molar-refractivity contribution in [2.75, 3.05) is 6.54 Å². The van der Waals surface area contributed by atoms with Gasteiger partial charge in [0.2, 0.25) is 0 Å². The maximum Gasteiger partial charge on any atom is 0.0684 e. The highest BCUT2D eigenvalue weighted by Crippen LogP contribution is 2.12. The molecule has 76 valence electrons. The van der Waals surface area contributed by atoms with Crippen LogP contribution in [0.15, 0.2) is 24.3 Å². The largest absolute Gasteiger partial charge is 0.392 e. The average molecular weight is 191 g/mol. The van der Waals surface area contributed by atoms with E-state index in [0.29, 0.717) is 6.54 Å². The Labute approximate surface area is 85.1 Å². The third-order valence-corrected chi connectivity index (χ3v) is 2.18. The number of hydrogen-bond acceptors (Lipinski definition) is 2. The maximum atomic E-state index is 8.99. The first-order chi connectivity index (χ1) is 6.77. The van der Waals surface area contributed by atoms with Crippen LogP contribution in [-0.4, -0.2) is 11.7 Å². The summed E-state index contributed by atoms with van der Waals surface area (Å²) in [5, 5.41) is 8.99. The van der Waals surface area contributed by atoms with Crippen LogP contribution in [0.25, 0.3) is 6.08 Å². The van der Waals surface area contributed by atoms with E-state index in [1.165, 1.54) is 0 Å². The fraction of sp³-hybridized carbons (Fsp3) is 0.333. The van der Waals surface area contributed by atoms with Gasteiger partial charge in [0.25, 0.3) is 0 Å². The second kappa shape index (κ2) is 5.58. The summed E-state index contributed by atoms with van der Waals surface area (Å²) >= 11 is 0. The Bertz CT molecular complexity index is 318. The zero-order valence-corrected chi connectivity index (χ0v) is 8.53. The highest BCUT2D eigenvalue weighted by atomic mass is 16.3. The van der Waals surface area contributed by atoms with Gasteiger partial charge in [-0.3, -0.25) is 0 Å². The van der Waals surface area contributed by atoms with E-state index in [1.54, 1.807) is 0 Å². The van der Waals surface area contributed by atoms with Gasteiger partial charge in [-0.25, -0.2) is 0 Å². The SMILES string of the molecule is Cc1cc(C=CCCN)ccc1CO. The molecule has 0 saturated carbocycles. The molecule has 0 aliphatic carbocycles. The normalized spacial score (nSPS) is 11.1.